The van der Waals surface area contributed by atoms with Crippen LogP contribution < -0.4 is 10.6 Å². The van der Waals surface area contributed by atoms with Crippen LogP contribution in [0.2, 0.25) is 0 Å². The average molecular weight is 308 g/mol. The van der Waals surface area contributed by atoms with E-state index in [-0.39, 0.29) is 5.91 Å². The van der Waals surface area contributed by atoms with E-state index in [1.807, 2.05) is 0 Å². The van der Waals surface area contributed by atoms with Crippen molar-refractivity contribution in [2.45, 2.75) is 26.2 Å². The maximum Gasteiger partial charge on any atom is 0.257 e. The standard InChI is InChI=1S/C18H20N4O/c1-2-3-6-11-20-17-10-9-15(13-21-17)18(23)22-16-8-5-4-7-14(16)12-19/h4-5,7-10,13H,2-3,6,11H2,1H3,(H,20,21)(H,22,23). The molecule has 1 aromatic carbocycles. The molecule has 1 aromatic heterocycles. The number of unbranched alkanes of at least 4 members (excludes halogenated alkanes) is 2. The van der Waals surface area contributed by atoms with Gasteiger partial charge in [-0.2, -0.15) is 5.26 Å². The van der Waals surface area contributed by atoms with Crippen LogP contribution in [0.3, 0.4) is 0 Å². The molecule has 0 unspecified atom stereocenters. The molecule has 1 amide bonds. The van der Waals surface area contributed by atoms with E-state index in [0.717, 1.165) is 18.8 Å². The van der Waals surface area contributed by atoms with Crippen LogP contribution in [0.15, 0.2) is 42.6 Å². The lowest BCUT2D eigenvalue weighted by molar-refractivity contribution is 0.102. The average Bonchev–Trinajstić information content (AvgIpc) is 2.59. The molecule has 0 spiro atoms. The van der Waals surface area contributed by atoms with E-state index in [0.29, 0.717) is 16.8 Å². The van der Waals surface area contributed by atoms with Crippen LogP contribution in [-0.4, -0.2) is 17.4 Å². The first kappa shape index (κ1) is 16.5. The Bertz CT molecular complexity index is 689. The van der Waals surface area contributed by atoms with Crippen molar-refractivity contribution in [3.63, 3.8) is 0 Å². The number of carbonyl (C=O) groups excluding carboxylic acids is 1. The zero-order chi connectivity index (χ0) is 16.5. The van der Waals surface area contributed by atoms with Crippen molar-refractivity contribution in [1.82, 2.24) is 4.98 Å². The van der Waals surface area contributed by atoms with Crippen molar-refractivity contribution in [2.75, 3.05) is 17.2 Å². The van der Waals surface area contributed by atoms with Gasteiger partial charge in [-0.3, -0.25) is 4.79 Å². The van der Waals surface area contributed by atoms with Crippen LogP contribution in [-0.2, 0) is 0 Å². The number of aromatic nitrogens is 1. The topological polar surface area (TPSA) is 77.8 Å². The number of rotatable bonds is 7. The summed E-state index contributed by atoms with van der Waals surface area (Å²) in [5.74, 6) is 0.479. The van der Waals surface area contributed by atoms with E-state index >= 15 is 0 Å². The molecule has 0 bridgehead atoms. The van der Waals surface area contributed by atoms with Crippen molar-refractivity contribution < 1.29 is 4.79 Å². The summed E-state index contributed by atoms with van der Waals surface area (Å²) in [5.41, 5.74) is 1.39. The molecule has 1 heterocycles. The molecule has 0 atom stereocenters. The summed E-state index contributed by atoms with van der Waals surface area (Å²) >= 11 is 0. The number of para-hydroxylation sites is 1. The fraction of sp³-hybridized carbons (Fsp3) is 0.278. The lowest BCUT2D eigenvalue weighted by atomic mass is 10.2. The zero-order valence-corrected chi connectivity index (χ0v) is 13.2. The summed E-state index contributed by atoms with van der Waals surface area (Å²) in [6, 6.07) is 12.5. The molecule has 0 saturated carbocycles. The number of benzene rings is 1. The molecule has 5 nitrogen and oxygen atoms in total. The van der Waals surface area contributed by atoms with Gasteiger partial charge in [-0.15, -0.1) is 0 Å². The summed E-state index contributed by atoms with van der Waals surface area (Å²) in [4.78, 5) is 16.5. The number of amides is 1. The van der Waals surface area contributed by atoms with Crippen molar-refractivity contribution in [2.24, 2.45) is 0 Å². The molecule has 2 rings (SSSR count). The molecule has 0 aliphatic rings. The largest absolute Gasteiger partial charge is 0.370 e. The van der Waals surface area contributed by atoms with Gasteiger partial charge in [0.1, 0.15) is 11.9 Å². The highest BCUT2D eigenvalue weighted by molar-refractivity contribution is 6.04. The summed E-state index contributed by atoms with van der Waals surface area (Å²) in [5, 5.41) is 15.0. The van der Waals surface area contributed by atoms with E-state index in [2.05, 4.69) is 28.6 Å². The van der Waals surface area contributed by atoms with Crippen LogP contribution in [0.5, 0.6) is 0 Å². The van der Waals surface area contributed by atoms with Crippen LogP contribution in [0.4, 0.5) is 11.5 Å². The predicted octanol–water partition coefficient (Wildman–Crippen LogP) is 3.81. The number of nitrogens with zero attached hydrogens (tertiary/aromatic N) is 2. The lowest BCUT2D eigenvalue weighted by Gasteiger charge is -2.08. The number of anilines is 2. The SMILES string of the molecule is CCCCCNc1ccc(C(=O)Nc2ccccc2C#N)cn1. The van der Waals surface area contributed by atoms with Crippen LogP contribution in [0.25, 0.3) is 0 Å². The van der Waals surface area contributed by atoms with Crippen LogP contribution >= 0.6 is 0 Å². The van der Waals surface area contributed by atoms with Crippen molar-refractivity contribution in [3.8, 4) is 6.07 Å². The Morgan fingerprint density at radius 3 is 2.74 bits per heavy atom. The maximum atomic E-state index is 12.2. The van der Waals surface area contributed by atoms with E-state index in [1.54, 1.807) is 36.4 Å². The highest BCUT2D eigenvalue weighted by Gasteiger charge is 2.09. The Morgan fingerprint density at radius 1 is 1.22 bits per heavy atom. The van der Waals surface area contributed by atoms with E-state index in [9.17, 15) is 4.79 Å². The number of hydrogen-bond acceptors (Lipinski definition) is 4. The molecular formula is C18H20N4O. The summed E-state index contributed by atoms with van der Waals surface area (Å²) in [6.45, 7) is 3.04. The van der Waals surface area contributed by atoms with Gasteiger partial charge in [0.15, 0.2) is 0 Å². The molecule has 0 fully saturated rings. The minimum atomic E-state index is -0.280. The van der Waals surface area contributed by atoms with Gasteiger partial charge in [-0.25, -0.2) is 4.98 Å². The predicted molar refractivity (Wildman–Crippen MR) is 91.4 cm³/mol. The summed E-state index contributed by atoms with van der Waals surface area (Å²) in [6.07, 6.45) is 5.00. The normalized spacial score (nSPS) is 9.91. The lowest BCUT2D eigenvalue weighted by Crippen LogP contribution is -2.13. The van der Waals surface area contributed by atoms with E-state index in [4.69, 9.17) is 5.26 Å². The maximum absolute atomic E-state index is 12.2. The number of nitrogens with one attached hydrogen (secondary N) is 2. The quantitative estimate of drug-likeness (QED) is 0.762. The Labute approximate surface area is 136 Å². The van der Waals surface area contributed by atoms with Crippen molar-refractivity contribution >= 4 is 17.4 Å². The second-order valence-electron chi connectivity index (χ2n) is 5.18. The van der Waals surface area contributed by atoms with Gasteiger partial charge in [-0.1, -0.05) is 31.9 Å². The van der Waals surface area contributed by atoms with Crippen molar-refractivity contribution in [3.05, 3.63) is 53.7 Å². The first-order valence-corrected chi connectivity index (χ1v) is 7.75. The first-order valence-electron chi connectivity index (χ1n) is 7.75. The molecule has 0 aliphatic heterocycles. The third-order valence-corrected chi connectivity index (χ3v) is 3.41. The fourth-order valence-corrected chi connectivity index (χ4v) is 2.11. The minimum absolute atomic E-state index is 0.280. The number of carbonyl (C=O) groups is 1. The number of nitriles is 1. The van der Waals surface area contributed by atoms with Gasteiger partial charge < -0.3 is 10.6 Å². The third kappa shape index (κ3) is 4.82. The second-order valence-corrected chi connectivity index (χ2v) is 5.18. The summed E-state index contributed by atoms with van der Waals surface area (Å²) in [7, 11) is 0. The monoisotopic (exact) mass is 308 g/mol. The zero-order valence-electron chi connectivity index (χ0n) is 13.2. The molecule has 2 aromatic rings. The van der Waals surface area contributed by atoms with Gasteiger partial charge in [0.25, 0.3) is 5.91 Å². The smallest absolute Gasteiger partial charge is 0.257 e. The molecule has 2 N–H and O–H groups in total. The number of pyridine rings is 1. The highest BCUT2D eigenvalue weighted by atomic mass is 16.1. The molecule has 23 heavy (non-hydrogen) atoms. The van der Waals surface area contributed by atoms with Gasteiger partial charge in [0.05, 0.1) is 16.8 Å². The highest BCUT2D eigenvalue weighted by Crippen LogP contribution is 2.15. The molecule has 5 heteroatoms. The van der Waals surface area contributed by atoms with E-state index in [1.165, 1.54) is 19.0 Å². The van der Waals surface area contributed by atoms with Gasteiger partial charge in [-0.05, 0) is 30.7 Å². The first-order chi connectivity index (χ1) is 11.2. The van der Waals surface area contributed by atoms with Gasteiger partial charge in [0.2, 0.25) is 0 Å². The van der Waals surface area contributed by atoms with E-state index < -0.39 is 0 Å². The minimum Gasteiger partial charge on any atom is -0.370 e. The van der Waals surface area contributed by atoms with Crippen LogP contribution in [0.1, 0.15) is 42.1 Å². The van der Waals surface area contributed by atoms with Gasteiger partial charge >= 0.3 is 0 Å². The molecular weight excluding hydrogens is 288 g/mol. The molecule has 0 radical (unpaired) electrons. The van der Waals surface area contributed by atoms with Crippen molar-refractivity contribution in [1.29, 1.82) is 5.26 Å². The number of hydrogen-bond donors (Lipinski definition) is 2. The molecule has 0 aliphatic carbocycles. The summed E-state index contributed by atoms with van der Waals surface area (Å²) < 4.78 is 0. The second kappa shape index (κ2) is 8.54. The Balaban J connectivity index is 1.96. The Kier molecular flexibility index (Phi) is 6.13. The van der Waals surface area contributed by atoms with Gasteiger partial charge in [0, 0.05) is 12.7 Å². The fourth-order valence-electron chi connectivity index (χ4n) is 2.11. The Hall–Kier alpha value is -2.87. The van der Waals surface area contributed by atoms with Crippen LogP contribution in [0, 0.1) is 11.3 Å². The molecule has 118 valence electrons. The Morgan fingerprint density at radius 2 is 2.04 bits per heavy atom. The molecule has 0 saturated heterocycles. The third-order valence-electron chi connectivity index (χ3n) is 3.41.